The molecule has 0 aromatic rings. The lowest BCUT2D eigenvalue weighted by molar-refractivity contribution is -0.139. The van der Waals surface area contributed by atoms with Crippen LogP contribution in [0.5, 0.6) is 0 Å². The minimum absolute atomic E-state index is 0.220. The third-order valence-corrected chi connectivity index (χ3v) is 3.63. The minimum Gasteiger partial charge on any atom is -0.378 e. The third kappa shape index (κ3) is 4.58. The van der Waals surface area contributed by atoms with Crippen LogP contribution in [0.15, 0.2) is 0 Å². The fraction of sp³-hybridized carbons (Fsp3) is 0.929. The van der Waals surface area contributed by atoms with E-state index in [1.165, 1.54) is 0 Å². The van der Waals surface area contributed by atoms with Gasteiger partial charge in [-0.25, -0.2) is 0 Å². The Morgan fingerprint density at radius 1 is 1.50 bits per heavy atom. The number of hydrogen-bond donors (Lipinski definition) is 1. The summed E-state index contributed by atoms with van der Waals surface area (Å²) in [6.07, 6.45) is 3.74. The number of amides is 1. The van der Waals surface area contributed by atoms with Gasteiger partial charge in [-0.2, -0.15) is 0 Å². The van der Waals surface area contributed by atoms with Crippen molar-refractivity contribution >= 4 is 5.91 Å². The van der Waals surface area contributed by atoms with Crippen LogP contribution in [0.25, 0.3) is 0 Å². The molecule has 18 heavy (non-hydrogen) atoms. The molecular formula is C14H28N2O2. The molecule has 1 N–H and O–H groups in total. The molecule has 1 rings (SSSR count). The van der Waals surface area contributed by atoms with Crippen molar-refractivity contribution in [1.82, 2.24) is 10.2 Å². The Kier molecular flexibility index (Phi) is 6.09. The molecular weight excluding hydrogens is 228 g/mol. The van der Waals surface area contributed by atoms with Crippen molar-refractivity contribution in [2.45, 2.75) is 58.1 Å². The van der Waals surface area contributed by atoms with Gasteiger partial charge in [0.25, 0.3) is 0 Å². The summed E-state index contributed by atoms with van der Waals surface area (Å²) in [5.41, 5.74) is -0.370. The number of methoxy groups -OCH3 is 1. The smallest absolute Gasteiger partial charge is 0.225 e. The topological polar surface area (TPSA) is 41.6 Å². The molecule has 1 aliphatic heterocycles. The van der Waals surface area contributed by atoms with Gasteiger partial charge in [0.05, 0.1) is 12.0 Å². The molecule has 0 radical (unpaired) electrons. The number of piperidine rings is 1. The normalized spacial score (nSPS) is 20.8. The first-order valence-corrected chi connectivity index (χ1v) is 7.05. The summed E-state index contributed by atoms with van der Waals surface area (Å²) >= 11 is 0. The second kappa shape index (κ2) is 7.10. The molecule has 0 saturated carbocycles. The van der Waals surface area contributed by atoms with E-state index < -0.39 is 0 Å². The number of carbonyl (C=O) groups excluding carboxylic acids is 1. The van der Waals surface area contributed by atoms with E-state index in [-0.39, 0.29) is 11.5 Å². The highest BCUT2D eigenvalue weighted by Crippen LogP contribution is 2.18. The van der Waals surface area contributed by atoms with Gasteiger partial charge in [-0.15, -0.1) is 0 Å². The Labute approximate surface area is 111 Å². The van der Waals surface area contributed by atoms with Gasteiger partial charge in [0.1, 0.15) is 0 Å². The predicted octanol–water partition coefficient (Wildman–Crippen LogP) is 1.79. The van der Waals surface area contributed by atoms with Crippen LogP contribution in [-0.4, -0.2) is 49.2 Å². The SMILES string of the molecule is CCCN(C(=O)CC(C)(C)OC)C1CCCNC1. The Bertz CT molecular complexity index is 261. The van der Waals surface area contributed by atoms with Crippen molar-refractivity contribution in [1.29, 1.82) is 0 Å². The molecule has 0 bridgehead atoms. The molecule has 4 heteroatoms. The molecule has 1 fully saturated rings. The van der Waals surface area contributed by atoms with E-state index in [0.717, 1.165) is 38.9 Å². The number of carbonyl (C=O) groups is 1. The van der Waals surface area contributed by atoms with E-state index in [4.69, 9.17) is 4.74 Å². The molecule has 0 aliphatic carbocycles. The van der Waals surface area contributed by atoms with Crippen molar-refractivity contribution in [3.05, 3.63) is 0 Å². The lowest BCUT2D eigenvalue weighted by atomic mass is 10.0. The van der Waals surface area contributed by atoms with E-state index in [2.05, 4.69) is 12.2 Å². The summed E-state index contributed by atoms with van der Waals surface area (Å²) in [7, 11) is 1.67. The third-order valence-electron chi connectivity index (χ3n) is 3.63. The zero-order chi connectivity index (χ0) is 13.6. The van der Waals surface area contributed by atoms with Gasteiger partial charge in [-0.1, -0.05) is 6.92 Å². The number of ether oxygens (including phenoxy) is 1. The monoisotopic (exact) mass is 256 g/mol. The van der Waals surface area contributed by atoms with Crippen LogP contribution in [0.2, 0.25) is 0 Å². The molecule has 1 atom stereocenters. The molecule has 0 aromatic heterocycles. The highest BCUT2D eigenvalue weighted by atomic mass is 16.5. The van der Waals surface area contributed by atoms with Crippen LogP contribution in [-0.2, 0) is 9.53 Å². The summed E-state index contributed by atoms with van der Waals surface area (Å²) in [6, 6.07) is 0.360. The quantitative estimate of drug-likeness (QED) is 0.788. The highest BCUT2D eigenvalue weighted by Gasteiger charge is 2.29. The largest absolute Gasteiger partial charge is 0.378 e. The Morgan fingerprint density at radius 3 is 2.72 bits per heavy atom. The molecule has 1 heterocycles. The summed E-state index contributed by atoms with van der Waals surface area (Å²) in [4.78, 5) is 14.5. The molecule has 0 spiro atoms. The second-order valence-corrected chi connectivity index (χ2v) is 5.73. The van der Waals surface area contributed by atoms with Gasteiger partial charge in [0.15, 0.2) is 0 Å². The van der Waals surface area contributed by atoms with Gasteiger partial charge in [0.2, 0.25) is 5.91 Å². The summed E-state index contributed by atoms with van der Waals surface area (Å²) in [5, 5.41) is 3.38. The van der Waals surface area contributed by atoms with E-state index >= 15 is 0 Å². The summed E-state index contributed by atoms with van der Waals surface area (Å²) in [5.74, 6) is 0.220. The number of hydrogen-bond acceptors (Lipinski definition) is 3. The maximum atomic E-state index is 12.4. The van der Waals surface area contributed by atoms with E-state index in [0.29, 0.717) is 12.5 Å². The predicted molar refractivity (Wildman–Crippen MR) is 73.6 cm³/mol. The van der Waals surface area contributed by atoms with Crippen LogP contribution < -0.4 is 5.32 Å². The van der Waals surface area contributed by atoms with Gasteiger partial charge in [-0.05, 0) is 39.7 Å². The van der Waals surface area contributed by atoms with Crippen molar-refractivity contribution in [2.75, 3.05) is 26.7 Å². The van der Waals surface area contributed by atoms with Crippen LogP contribution in [0.4, 0.5) is 0 Å². The molecule has 106 valence electrons. The zero-order valence-corrected chi connectivity index (χ0v) is 12.3. The first-order valence-electron chi connectivity index (χ1n) is 7.05. The van der Waals surface area contributed by atoms with Crippen LogP contribution in [0.1, 0.15) is 46.5 Å². The molecule has 1 amide bonds. The lowest BCUT2D eigenvalue weighted by Crippen LogP contribution is -2.50. The fourth-order valence-electron chi connectivity index (χ4n) is 2.39. The maximum Gasteiger partial charge on any atom is 0.225 e. The number of nitrogens with one attached hydrogen (secondary N) is 1. The van der Waals surface area contributed by atoms with Crippen molar-refractivity contribution < 1.29 is 9.53 Å². The van der Waals surface area contributed by atoms with E-state index in [1.807, 2.05) is 18.7 Å². The van der Waals surface area contributed by atoms with E-state index in [1.54, 1.807) is 7.11 Å². The van der Waals surface area contributed by atoms with E-state index in [9.17, 15) is 4.79 Å². The van der Waals surface area contributed by atoms with Gasteiger partial charge < -0.3 is 15.0 Å². The number of nitrogens with zero attached hydrogens (tertiary/aromatic N) is 1. The lowest BCUT2D eigenvalue weighted by Gasteiger charge is -2.36. The number of rotatable bonds is 6. The first-order chi connectivity index (χ1) is 8.50. The first kappa shape index (κ1) is 15.4. The standard InChI is InChI=1S/C14H28N2O2/c1-5-9-16(12-7-6-8-15-11-12)13(17)10-14(2,3)18-4/h12,15H,5-11H2,1-4H3. The molecule has 1 saturated heterocycles. The highest BCUT2D eigenvalue weighted by molar-refractivity contribution is 5.77. The Morgan fingerprint density at radius 2 is 2.22 bits per heavy atom. The maximum absolute atomic E-state index is 12.4. The molecule has 1 unspecified atom stereocenters. The fourth-order valence-corrected chi connectivity index (χ4v) is 2.39. The zero-order valence-electron chi connectivity index (χ0n) is 12.3. The Hall–Kier alpha value is -0.610. The molecule has 0 aromatic carbocycles. The minimum atomic E-state index is -0.370. The molecule has 1 aliphatic rings. The average molecular weight is 256 g/mol. The molecule has 4 nitrogen and oxygen atoms in total. The van der Waals surface area contributed by atoms with Crippen LogP contribution in [0.3, 0.4) is 0 Å². The van der Waals surface area contributed by atoms with Crippen molar-refractivity contribution in [3.63, 3.8) is 0 Å². The van der Waals surface area contributed by atoms with Gasteiger partial charge in [0, 0.05) is 26.2 Å². The second-order valence-electron chi connectivity index (χ2n) is 5.73. The summed E-state index contributed by atoms with van der Waals surface area (Å²) < 4.78 is 5.36. The van der Waals surface area contributed by atoms with Crippen molar-refractivity contribution in [3.8, 4) is 0 Å². The van der Waals surface area contributed by atoms with Crippen LogP contribution in [0, 0.1) is 0 Å². The summed E-state index contributed by atoms with van der Waals surface area (Å²) in [6.45, 7) is 8.92. The van der Waals surface area contributed by atoms with Crippen LogP contribution >= 0.6 is 0 Å². The average Bonchev–Trinajstić information content (AvgIpc) is 2.36. The Balaban J connectivity index is 2.62. The van der Waals surface area contributed by atoms with Crippen molar-refractivity contribution in [2.24, 2.45) is 0 Å². The van der Waals surface area contributed by atoms with Gasteiger partial charge >= 0.3 is 0 Å². The van der Waals surface area contributed by atoms with Gasteiger partial charge in [-0.3, -0.25) is 4.79 Å².